The topological polar surface area (TPSA) is 64.1 Å². The van der Waals surface area contributed by atoms with E-state index in [1.165, 1.54) is 0 Å². The van der Waals surface area contributed by atoms with Crippen LogP contribution in [-0.4, -0.2) is 66.9 Å². The number of benzene rings is 2. The highest BCUT2D eigenvalue weighted by Gasteiger charge is 2.45. The fourth-order valence-electron chi connectivity index (χ4n) is 4.55. The summed E-state index contributed by atoms with van der Waals surface area (Å²) in [6.45, 7) is 11.3. The number of aliphatic hydroxyl groups excluding tert-OH is 1. The van der Waals surface area contributed by atoms with Crippen LogP contribution in [0, 0.1) is 13.8 Å². The Hall–Kier alpha value is -3.12. The zero-order valence-electron chi connectivity index (χ0n) is 21.3. The molecule has 1 aliphatic heterocycles. The summed E-state index contributed by atoms with van der Waals surface area (Å²) < 4.78 is 0. The van der Waals surface area contributed by atoms with E-state index in [1.54, 1.807) is 4.90 Å². The van der Waals surface area contributed by atoms with Crippen molar-refractivity contribution in [3.05, 3.63) is 70.3 Å². The average Bonchev–Trinajstić information content (AvgIpc) is 3.08. The third-order valence-electron chi connectivity index (χ3n) is 6.68. The maximum Gasteiger partial charge on any atom is 0.295 e. The lowest BCUT2D eigenvalue weighted by Crippen LogP contribution is -2.33. The van der Waals surface area contributed by atoms with Gasteiger partial charge in [0.25, 0.3) is 11.7 Å². The number of anilines is 1. The van der Waals surface area contributed by atoms with Gasteiger partial charge in [-0.3, -0.25) is 9.59 Å². The first-order valence-electron chi connectivity index (χ1n) is 12.0. The van der Waals surface area contributed by atoms with Crippen molar-refractivity contribution in [3.8, 4) is 0 Å². The van der Waals surface area contributed by atoms with Gasteiger partial charge in [-0.25, -0.2) is 0 Å². The maximum atomic E-state index is 13.3. The van der Waals surface area contributed by atoms with Crippen LogP contribution >= 0.6 is 0 Å². The molecule has 6 heteroatoms. The van der Waals surface area contributed by atoms with Crippen molar-refractivity contribution in [1.82, 2.24) is 9.80 Å². The highest BCUT2D eigenvalue weighted by Crippen LogP contribution is 2.40. The smallest absolute Gasteiger partial charge is 0.295 e. The minimum Gasteiger partial charge on any atom is -0.507 e. The van der Waals surface area contributed by atoms with Gasteiger partial charge in [0, 0.05) is 31.9 Å². The molecule has 2 aromatic carbocycles. The fourth-order valence-corrected chi connectivity index (χ4v) is 4.55. The van der Waals surface area contributed by atoms with Crippen molar-refractivity contribution in [2.75, 3.05) is 45.2 Å². The van der Waals surface area contributed by atoms with Crippen LogP contribution in [0.25, 0.3) is 5.76 Å². The Kier molecular flexibility index (Phi) is 8.15. The van der Waals surface area contributed by atoms with Crippen molar-refractivity contribution in [1.29, 1.82) is 0 Å². The molecule has 1 saturated heterocycles. The molecule has 0 saturated carbocycles. The molecular formula is C28H37N3O3. The summed E-state index contributed by atoms with van der Waals surface area (Å²) in [5, 5.41) is 11.4. The van der Waals surface area contributed by atoms with Gasteiger partial charge in [-0.05, 0) is 69.2 Å². The van der Waals surface area contributed by atoms with Gasteiger partial charge in [0.15, 0.2) is 0 Å². The number of likely N-dealkylation sites (tertiary alicyclic amines) is 1. The predicted molar refractivity (Wildman–Crippen MR) is 138 cm³/mol. The summed E-state index contributed by atoms with van der Waals surface area (Å²) in [4.78, 5) is 32.4. The first kappa shape index (κ1) is 25.5. The normalized spacial score (nSPS) is 17.6. The number of hydrogen-bond donors (Lipinski definition) is 1. The molecule has 0 radical (unpaired) electrons. The van der Waals surface area contributed by atoms with E-state index in [4.69, 9.17) is 0 Å². The molecule has 0 aliphatic carbocycles. The van der Waals surface area contributed by atoms with Crippen LogP contribution in [0.3, 0.4) is 0 Å². The lowest BCUT2D eigenvalue weighted by Gasteiger charge is -2.27. The summed E-state index contributed by atoms with van der Waals surface area (Å²) >= 11 is 0. The molecule has 1 unspecified atom stereocenters. The van der Waals surface area contributed by atoms with Crippen molar-refractivity contribution in [3.63, 3.8) is 0 Å². The van der Waals surface area contributed by atoms with E-state index >= 15 is 0 Å². The monoisotopic (exact) mass is 463 g/mol. The standard InChI is InChI=1S/C28H37N3O3/c1-7-30(8-2)16-9-17-31-25(21-12-14-22(15-13-21)29(5)6)24(27(33)28(31)34)26(32)23-18-19(3)10-11-20(23)4/h10-15,18,25,32H,7-9,16-17H2,1-6H3/b26-24+. The van der Waals surface area contributed by atoms with Crippen molar-refractivity contribution in [2.45, 2.75) is 40.2 Å². The molecule has 1 heterocycles. The van der Waals surface area contributed by atoms with Crippen LogP contribution in [0.5, 0.6) is 0 Å². The largest absolute Gasteiger partial charge is 0.507 e. The van der Waals surface area contributed by atoms with Crippen molar-refractivity contribution in [2.24, 2.45) is 0 Å². The minimum atomic E-state index is -0.622. The number of carbonyl (C=O) groups excluding carboxylic acids is 2. The summed E-state index contributed by atoms with van der Waals surface area (Å²) in [6, 6.07) is 13.0. The second kappa shape index (κ2) is 10.9. The second-order valence-corrected chi connectivity index (χ2v) is 9.18. The molecule has 1 N–H and O–H groups in total. The van der Waals surface area contributed by atoms with E-state index in [1.807, 2.05) is 75.3 Å². The second-order valence-electron chi connectivity index (χ2n) is 9.18. The Morgan fingerprint density at radius 3 is 2.24 bits per heavy atom. The van der Waals surface area contributed by atoms with E-state index in [-0.39, 0.29) is 11.3 Å². The number of carbonyl (C=O) groups is 2. The molecule has 34 heavy (non-hydrogen) atoms. The van der Waals surface area contributed by atoms with Crippen LogP contribution in [0.1, 0.15) is 48.6 Å². The number of rotatable bonds is 9. The molecule has 1 fully saturated rings. The van der Waals surface area contributed by atoms with Gasteiger partial charge in [-0.2, -0.15) is 0 Å². The Bertz CT molecular complexity index is 1070. The molecule has 1 amide bonds. The summed E-state index contributed by atoms with van der Waals surface area (Å²) in [5.41, 5.74) is 4.44. The zero-order chi connectivity index (χ0) is 25.0. The lowest BCUT2D eigenvalue weighted by molar-refractivity contribution is -0.140. The van der Waals surface area contributed by atoms with Gasteiger partial charge in [-0.1, -0.05) is 43.7 Å². The predicted octanol–water partition coefficient (Wildman–Crippen LogP) is 4.52. The third kappa shape index (κ3) is 5.17. The van der Waals surface area contributed by atoms with Gasteiger partial charge < -0.3 is 19.8 Å². The molecule has 182 valence electrons. The number of Topliss-reactive ketones (excluding diaryl/α,β-unsaturated/α-hetero) is 1. The van der Waals surface area contributed by atoms with Crippen molar-refractivity contribution >= 4 is 23.1 Å². The van der Waals surface area contributed by atoms with E-state index < -0.39 is 17.7 Å². The van der Waals surface area contributed by atoms with E-state index in [0.29, 0.717) is 12.1 Å². The number of aryl methyl sites for hydroxylation is 2. The zero-order valence-corrected chi connectivity index (χ0v) is 21.3. The van der Waals surface area contributed by atoms with Gasteiger partial charge in [0.2, 0.25) is 0 Å². The third-order valence-corrected chi connectivity index (χ3v) is 6.68. The summed E-state index contributed by atoms with van der Waals surface area (Å²) in [6.07, 6.45) is 0.754. The first-order valence-corrected chi connectivity index (χ1v) is 12.0. The van der Waals surface area contributed by atoms with E-state index in [2.05, 4.69) is 18.7 Å². The number of amides is 1. The fraction of sp³-hybridized carbons (Fsp3) is 0.429. The molecule has 6 nitrogen and oxygen atoms in total. The van der Waals surface area contributed by atoms with Gasteiger partial charge in [0.1, 0.15) is 5.76 Å². The Morgan fingerprint density at radius 2 is 1.65 bits per heavy atom. The van der Waals surface area contributed by atoms with Crippen molar-refractivity contribution < 1.29 is 14.7 Å². The Labute approximate surface area is 203 Å². The summed E-state index contributed by atoms with van der Waals surface area (Å²) in [5.74, 6) is -1.27. The lowest BCUT2D eigenvalue weighted by atomic mass is 9.93. The molecule has 1 aliphatic rings. The van der Waals surface area contributed by atoms with Gasteiger partial charge in [-0.15, -0.1) is 0 Å². The van der Waals surface area contributed by atoms with Crippen LogP contribution in [0.15, 0.2) is 48.0 Å². The highest BCUT2D eigenvalue weighted by atomic mass is 16.3. The summed E-state index contributed by atoms with van der Waals surface area (Å²) in [7, 11) is 3.93. The minimum absolute atomic E-state index is 0.104. The van der Waals surface area contributed by atoms with E-state index in [0.717, 1.165) is 48.4 Å². The molecule has 1 atom stereocenters. The van der Waals surface area contributed by atoms with Gasteiger partial charge in [0.05, 0.1) is 11.6 Å². The van der Waals surface area contributed by atoms with Crippen LogP contribution in [0.2, 0.25) is 0 Å². The van der Waals surface area contributed by atoms with Crippen LogP contribution in [0.4, 0.5) is 5.69 Å². The highest BCUT2D eigenvalue weighted by molar-refractivity contribution is 6.46. The number of nitrogens with zero attached hydrogens (tertiary/aromatic N) is 3. The number of hydrogen-bond acceptors (Lipinski definition) is 5. The van der Waals surface area contributed by atoms with E-state index in [9.17, 15) is 14.7 Å². The molecule has 3 rings (SSSR count). The number of ketones is 1. The Balaban J connectivity index is 2.08. The first-order chi connectivity index (χ1) is 16.2. The SMILES string of the molecule is CCN(CC)CCCN1C(=O)C(=O)/C(=C(/O)c2cc(C)ccc2C)C1c1ccc(N(C)C)cc1. The number of aliphatic hydroxyl groups is 1. The molecule has 0 aromatic heterocycles. The maximum absolute atomic E-state index is 13.3. The molecule has 0 spiro atoms. The van der Waals surface area contributed by atoms with Crippen LogP contribution in [-0.2, 0) is 9.59 Å². The molecule has 2 aromatic rings. The average molecular weight is 464 g/mol. The molecular weight excluding hydrogens is 426 g/mol. The Morgan fingerprint density at radius 1 is 1.00 bits per heavy atom. The van der Waals surface area contributed by atoms with Gasteiger partial charge >= 0.3 is 0 Å². The van der Waals surface area contributed by atoms with Crippen LogP contribution < -0.4 is 4.90 Å². The quantitative estimate of drug-likeness (QED) is 0.336. The molecule has 0 bridgehead atoms.